The predicted molar refractivity (Wildman–Crippen MR) is 63.7 cm³/mol. The molecule has 0 aliphatic heterocycles. The molecule has 0 atom stereocenters. The van der Waals surface area contributed by atoms with Crippen LogP contribution in [0.25, 0.3) is 0 Å². The van der Waals surface area contributed by atoms with Crippen molar-refractivity contribution >= 4 is 29.9 Å². The molecule has 0 amide bonds. The lowest BCUT2D eigenvalue weighted by Crippen LogP contribution is -1.97. The molecule has 0 bridgehead atoms. The zero-order valence-electron chi connectivity index (χ0n) is 9.37. The molecule has 0 N–H and O–H groups in total. The van der Waals surface area contributed by atoms with E-state index in [1.807, 2.05) is 6.79 Å². The van der Waals surface area contributed by atoms with Gasteiger partial charge in [0, 0.05) is 0 Å². The zero-order valence-corrected chi connectivity index (χ0v) is 9.37. The van der Waals surface area contributed by atoms with E-state index in [1.54, 1.807) is 0 Å². The lowest BCUT2D eigenvalue weighted by atomic mass is 10.2. The van der Waals surface area contributed by atoms with Crippen molar-refractivity contribution in [1.82, 2.24) is 0 Å². The van der Waals surface area contributed by atoms with E-state index in [-0.39, 0.29) is 23.1 Å². The highest BCUT2D eigenvalue weighted by molar-refractivity contribution is 6.14. The summed E-state index contributed by atoms with van der Waals surface area (Å²) in [6.45, 7) is 2.00. The molecule has 5 nitrogen and oxygen atoms in total. The molecule has 0 unspecified atom stereocenters. The molecule has 0 spiro atoms. The number of ketones is 4. The Morgan fingerprint density at radius 3 is 0.667 bits per heavy atom. The maximum Gasteiger partial charge on any atom is 0.178 e. The highest BCUT2D eigenvalue weighted by Crippen LogP contribution is 1.91. The second kappa shape index (κ2) is 8.46. The Morgan fingerprint density at radius 2 is 0.556 bits per heavy atom. The van der Waals surface area contributed by atoms with Crippen LogP contribution in [0.5, 0.6) is 0 Å². The first kappa shape index (κ1) is 15.3. The van der Waals surface area contributed by atoms with Crippen molar-refractivity contribution in [3.63, 3.8) is 0 Å². The Hall–Kier alpha value is -2.69. The third kappa shape index (κ3) is 6.73. The SMILES string of the molecule is C=O.O=C1C=CC(=O)C=C1.O=C1C=CC(=O)C=C1. The van der Waals surface area contributed by atoms with Crippen LogP contribution in [0.2, 0.25) is 0 Å². The van der Waals surface area contributed by atoms with Gasteiger partial charge in [-0.3, -0.25) is 19.2 Å². The summed E-state index contributed by atoms with van der Waals surface area (Å²) in [6, 6.07) is 0. The minimum atomic E-state index is -0.121. The molecular weight excluding hydrogens is 236 g/mol. The molecule has 0 saturated heterocycles. The fourth-order valence-corrected chi connectivity index (χ4v) is 0.879. The van der Waals surface area contributed by atoms with Crippen molar-refractivity contribution in [2.75, 3.05) is 0 Å². The van der Waals surface area contributed by atoms with Crippen LogP contribution in [0.4, 0.5) is 0 Å². The van der Waals surface area contributed by atoms with Gasteiger partial charge in [-0.2, -0.15) is 0 Å². The van der Waals surface area contributed by atoms with Gasteiger partial charge in [-0.15, -0.1) is 0 Å². The van der Waals surface area contributed by atoms with Crippen molar-refractivity contribution < 1.29 is 24.0 Å². The molecule has 0 aromatic rings. The third-order valence-electron chi connectivity index (χ3n) is 1.65. The molecule has 0 radical (unpaired) electrons. The summed E-state index contributed by atoms with van der Waals surface area (Å²) in [4.78, 5) is 49.1. The summed E-state index contributed by atoms with van der Waals surface area (Å²) in [7, 11) is 0. The number of rotatable bonds is 0. The first-order chi connectivity index (χ1) is 8.58. The molecule has 5 heteroatoms. The van der Waals surface area contributed by atoms with E-state index in [9.17, 15) is 19.2 Å². The monoisotopic (exact) mass is 246 g/mol. The fourth-order valence-electron chi connectivity index (χ4n) is 0.879. The summed E-state index contributed by atoms with van der Waals surface area (Å²) in [5.41, 5.74) is 0. The van der Waals surface area contributed by atoms with Gasteiger partial charge >= 0.3 is 0 Å². The van der Waals surface area contributed by atoms with E-state index in [0.29, 0.717) is 0 Å². The summed E-state index contributed by atoms with van der Waals surface area (Å²) < 4.78 is 0. The summed E-state index contributed by atoms with van der Waals surface area (Å²) in [5.74, 6) is -0.483. The Labute approximate surface area is 103 Å². The first-order valence-corrected chi connectivity index (χ1v) is 4.75. The van der Waals surface area contributed by atoms with Crippen molar-refractivity contribution in [3.05, 3.63) is 48.6 Å². The number of allylic oxidation sites excluding steroid dienone is 8. The summed E-state index contributed by atoms with van der Waals surface area (Å²) in [5, 5.41) is 0. The topological polar surface area (TPSA) is 85.3 Å². The van der Waals surface area contributed by atoms with E-state index < -0.39 is 0 Å². The average Bonchev–Trinajstić information content (AvgIpc) is 2.40. The molecule has 0 saturated carbocycles. The third-order valence-corrected chi connectivity index (χ3v) is 1.65. The van der Waals surface area contributed by atoms with Gasteiger partial charge in [-0.1, -0.05) is 0 Å². The van der Waals surface area contributed by atoms with Crippen molar-refractivity contribution in [3.8, 4) is 0 Å². The van der Waals surface area contributed by atoms with Crippen LogP contribution in [0.3, 0.4) is 0 Å². The Kier molecular flexibility index (Phi) is 7.20. The highest BCUT2D eigenvalue weighted by Gasteiger charge is 1.98. The second-order valence-corrected chi connectivity index (χ2v) is 2.94. The largest absolute Gasteiger partial charge is 0.307 e. The average molecular weight is 246 g/mol. The molecule has 2 aliphatic rings. The minimum absolute atomic E-state index is 0.121. The molecule has 0 fully saturated rings. The molecule has 92 valence electrons. The van der Waals surface area contributed by atoms with Crippen LogP contribution in [0, 0.1) is 0 Å². The predicted octanol–water partition coefficient (Wildman–Crippen LogP) is 0.316. The summed E-state index contributed by atoms with van der Waals surface area (Å²) >= 11 is 0. The second-order valence-electron chi connectivity index (χ2n) is 2.94. The number of hydrogen-bond donors (Lipinski definition) is 0. The normalized spacial score (nSPS) is 15.8. The van der Waals surface area contributed by atoms with Gasteiger partial charge in [0.25, 0.3) is 0 Å². The number of hydrogen-bond acceptors (Lipinski definition) is 5. The first-order valence-electron chi connectivity index (χ1n) is 4.75. The maximum absolute atomic E-state index is 10.3. The van der Waals surface area contributed by atoms with E-state index in [2.05, 4.69) is 0 Å². The number of carbonyl (C=O) groups excluding carboxylic acids is 5. The lowest BCUT2D eigenvalue weighted by Gasteiger charge is -1.87. The van der Waals surface area contributed by atoms with Gasteiger partial charge in [0.2, 0.25) is 0 Å². The molecule has 0 aromatic carbocycles. The van der Waals surface area contributed by atoms with Crippen LogP contribution in [-0.2, 0) is 24.0 Å². The number of carbonyl (C=O) groups is 5. The fraction of sp³-hybridized carbons (Fsp3) is 0. The minimum Gasteiger partial charge on any atom is -0.307 e. The molecule has 18 heavy (non-hydrogen) atoms. The molecule has 2 rings (SSSR count). The van der Waals surface area contributed by atoms with Gasteiger partial charge in [0.15, 0.2) is 23.1 Å². The van der Waals surface area contributed by atoms with Crippen LogP contribution in [0.15, 0.2) is 48.6 Å². The van der Waals surface area contributed by atoms with Crippen LogP contribution in [0.1, 0.15) is 0 Å². The standard InChI is InChI=1S/2C6H4O2.CH2O/c2*7-5-1-2-6(8)4-3-5;1-2/h2*1-4H;1H2. The van der Waals surface area contributed by atoms with Crippen LogP contribution >= 0.6 is 0 Å². The smallest absolute Gasteiger partial charge is 0.178 e. The Balaban J connectivity index is 0.000000283. The van der Waals surface area contributed by atoms with E-state index >= 15 is 0 Å². The van der Waals surface area contributed by atoms with Crippen molar-refractivity contribution in [2.45, 2.75) is 0 Å². The quantitative estimate of drug-likeness (QED) is 0.574. The van der Waals surface area contributed by atoms with Crippen molar-refractivity contribution in [2.24, 2.45) is 0 Å². The molecule has 0 heterocycles. The highest BCUT2D eigenvalue weighted by atomic mass is 16.1. The van der Waals surface area contributed by atoms with Crippen molar-refractivity contribution in [1.29, 1.82) is 0 Å². The van der Waals surface area contributed by atoms with Gasteiger partial charge in [0.05, 0.1) is 0 Å². The molecule has 2 aliphatic carbocycles. The Morgan fingerprint density at radius 1 is 0.444 bits per heavy atom. The molecule has 0 aromatic heterocycles. The Bertz CT molecular complexity index is 358. The lowest BCUT2D eigenvalue weighted by molar-refractivity contribution is -0.113. The van der Waals surface area contributed by atoms with Crippen LogP contribution < -0.4 is 0 Å². The van der Waals surface area contributed by atoms with Gasteiger partial charge < -0.3 is 4.79 Å². The van der Waals surface area contributed by atoms with Gasteiger partial charge in [-0.25, -0.2) is 0 Å². The van der Waals surface area contributed by atoms with Gasteiger partial charge in [0.1, 0.15) is 6.79 Å². The summed E-state index contributed by atoms with van der Waals surface area (Å²) in [6.07, 6.45) is 10.0. The van der Waals surface area contributed by atoms with E-state index in [4.69, 9.17) is 4.79 Å². The molecular formula is C13H10O5. The van der Waals surface area contributed by atoms with E-state index in [1.165, 1.54) is 48.6 Å². The van der Waals surface area contributed by atoms with Gasteiger partial charge in [-0.05, 0) is 48.6 Å². The maximum atomic E-state index is 10.3. The van der Waals surface area contributed by atoms with E-state index in [0.717, 1.165) is 0 Å². The van der Waals surface area contributed by atoms with Crippen LogP contribution in [-0.4, -0.2) is 29.9 Å². The zero-order chi connectivity index (χ0) is 14.0.